The van der Waals surface area contributed by atoms with Gasteiger partial charge < -0.3 is 5.32 Å². The summed E-state index contributed by atoms with van der Waals surface area (Å²) in [7, 11) is 0. The zero-order valence-corrected chi connectivity index (χ0v) is 12.0. The lowest BCUT2D eigenvalue weighted by Crippen LogP contribution is -2.45. The lowest BCUT2D eigenvalue weighted by Gasteiger charge is -2.35. The lowest BCUT2D eigenvalue weighted by atomic mass is 10.0. The Balaban J connectivity index is 1.56. The van der Waals surface area contributed by atoms with Crippen molar-refractivity contribution in [3.8, 4) is 0 Å². The molecule has 0 amide bonds. The van der Waals surface area contributed by atoms with Crippen molar-refractivity contribution in [2.45, 2.75) is 57.7 Å². The molecule has 1 saturated heterocycles. The van der Waals surface area contributed by atoms with Gasteiger partial charge in [0.2, 0.25) is 0 Å². The summed E-state index contributed by atoms with van der Waals surface area (Å²) in [4.78, 5) is 7.24. The van der Waals surface area contributed by atoms with E-state index in [9.17, 15) is 0 Å². The molecule has 1 aliphatic carbocycles. The van der Waals surface area contributed by atoms with E-state index in [-0.39, 0.29) is 0 Å². The number of aromatic nitrogens is 1. The van der Waals surface area contributed by atoms with Gasteiger partial charge >= 0.3 is 0 Å². The lowest BCUT2D eigenvalue weighted by molar-refractivity contribution is 0.137. The summed E-state index contributed by atoms with van der Waals surface area (Å²) in [5.41, 5.74) is 1.17. The molecule has 18 heavy (non-hydrogen) atoms. The first kappa shape index (κ1) is 12.6. The van der Waals surface area contributed by atoms with E-state index >= 15 is 0 Å². The molecule has 2 fully saturated rings. The van der Waals surface area contributed by atoms with Crippen LogP contribution in [0.15, 0.2) is 5.38 Å². The van der Waals surface area contributed by atoms with Crippen molar-refractivity contribution in [2.24, 2.45) is 0 Å². The van der Waals surface area contributed by atoms with Gasteiger partial charge in [0.05, 0.1) is 6.54 Å². The van der Waals surface area contributed by atoms with Gasteiger partial charge in [0.15, 0.2) is 0 Å². The first-order chi connectivity index (χ1) is 8.81. The highest BCUT2D eigenvalue weighted by Gasteiger charge is 2.26. The van der Waals surface area contributed by atoms with E-state index in [1.807, 2.05) is 11.3 Å². The van der Waals surface area contributed by atoms with Crippen molar-refractivity contribution in [1.29, 1.82) is 0 Å². The molecule has 1 aromatic rings. The van der Waals surface area contributed by atoms with Crippen molar-refractivity contribution < 1.29 is 0 Å². The van der Waals surface area contributed by atoms with Crippen molar-refractivity contribution in [3.63, 3.8) is 0 Å². The summed E-state index contributed by atoms with van der Waals surface area (Å²) >= 11 is 1.81. The molecule has 0 aromatic carbocycles. The average Bonchev–Trinajstić information content (AvgIpc) is 3.12. The molecule has 1 saturated carbocycles. The van der Waals surface area contributed by atoms with Gasteiger partial charge in [-0.25, -0.2) is 4.98 Å². The molecule has 3 rings (SSSR count). The number of rotatable bonds is 5. The van der Waals surface area contributed by atoms with Crippen molar-refractivity contribution in [1.82, 2.24) is 15.2 Å². The third-order valence-corrected chi connectivity index (χ3v) is 4.92. The molecule has 2 heterocycles. The van der Waals surface area contributed by atoms with E-state index in [0.29, 0.717) is 0 Å². The molecule has 0 spiro atoms. The predicted molar refractivity (Wildman–Crippen MR) is 75.9 cm³/mol. The maximum Gasteiger partial charge on any atom is 0.107 e. The Kier molecular flexibility index (Phi) is 3.97. The highest BCUT2D eigenvalue weighted by molar-refractivity contribution is 7.09. The predicted octanol–water partition coefficient (Wildman–Crippen LogP) is 2.56. The number of hydrogen-bond donors (Lipinski definition) is 1. The van der Waals surface area contributed by atoms with E-state index in [1.165, 1.54) is 55.9 Å². The van der Waals surface area contributed by atoms with Gasteiger partial charge in [0.25, 0.3) is 0 Å². The first-order valence-electron chi connectivity index (χ1n) is 7.20. The maximum absolute atomic E-state index is 4.60. The van der Waals surface area contributed by atoms with E-state index < -0.39 is 0 Å². The summed E-state index contributed by atoms with van der Waals surface area (Å²) in [6.45, 7) is 5.56. The Morgan fingerprint density at radius 2 is 2.28 bits per heavy atom. The molecular weight excluding hydrogens is 242 g/mol. The van der Waals surface area contributed by atoms with Crippen LogP contribution in [0.4, 0.5) is 0 Å². The molecule has 1 unspecified atom stereocenters. The number of thiazole rings is 1. The van der Waals surface area contributed by atoms with Crippen LogP contribution >= 0.6 is 11.3 Å². The number of aryl methyl sites for hydroxylation is 1. The van der Waals surface area contributed by atoms with Crippen LogP contribution in [0.5, 0.6) is 0 Å². The smallest absolute Gasteiger partial charge is 0.107 e. The van der Waals surface area contributed by atoms with E-state index in [4.69, 9.17) is 0 Å². The molecule has 3 nitrogen and oxygen atoms in total. The fourth-order valence-corrected chi connectivity index (χ4v) is 3.53. The molecule has 0 bridgehead atoms. The van der Waals surface area contributed by atoms with Crippen LogP contribution in [-0.4, -0.2) is 35.1 Å². The second-order valence-corrected chi connectivity index (χ2v) is 6.63. The largest absolute Gasteiger partial charge is 0.312 e. The standard InChI is InChI=1S/C14H23N3S/c1-11-10-18-14(16-11)9-17-7-3-2-4-13(17)8-15-12-5-6-12/h10,12-13,15H,2-9H2,1H3. The number of likely N-dealkylation sites (tertiary alicyclic amines) is 1. The molecular formula is C14H23N3S. The van der Waals surface area contributed by atoms with Crippen LogP contribution in [0.3, 0.4) is 0 Å². The number of piperidine rings is 1. The van der Waals surface area contributed by atoms with E-state index in [0.717, 1.165) is 18.6 Å². The fourth-order valence-electron chi connectivity index (χ4n) is 2.74. The minimum absolute atomic E-state index is 0.726. The highest BCUT2D eigenvalue weighted by atomic mass is 32.1. The van der Waals surface area contributed by atoms with Gasteiger partial charge in [0.1, 0.15) is 5.01 Å². The van der Waals surface area contributed by atoms with Gasteiger partial charge in [-0.15, -0.1) is 11.3 Å². The van der Waals surface area contributed by atoms with Crippen molar-refractivity contribution >= 4 is 11.3 Å². The fraction of sp³-hybridized carbons (Fsp3) is 0.786. The Labute approximate surface area is 114 Å². The van der Waals surface area contributed by atoms with Gasteiger partial charge in [-0.05, 0) is 39.2 Å². The van der Waals surface area contributed by atoms with Crippen LogP contribution < -0.4 is 5.32 Å². The minimum Gasteiger partial charge on any atom is -0.312 e. The normalized spacial score (nSPS) is 25.5. The molecule has 4 heteroatoms. The van der Waals surface area contributed by atoms with E-state index in [2.05, 4.69) is 27.5 Å². The van der Waals surface area contributed by atoms with Crippen LogP contribution in [0.2, 0.25) is 0 Å². The Bertz CT molecular complexity index is 386. The average molecular weight is 265 g/mol. The zero-order valence-electron chi connectivity index (χ0n) is 11.2. The topological polar surface area (TPSA) is 28.2 Å². The van der Waals surface area contributed by atoms with Crippen LogP contribution in [-0.2, 0) is 6.54 Å². The SMILES string of the molecule is Cc1csc(CN2CCCCC2CNC2CC2)n1. The molecule has 1 aliphatic heterocycles. The first-order valence-corrected chi connectivity index (χ1v) is 8.07. The van der Waals surface area contributed by atoms with Crippen LogP contribution in [0.1, 0.15) is 42.8 Å². The Morgan fingerprint density at radius 1 is 1.39 bits per heavy atom. The summed E-state index contributed by atoms with van der Waals surface area (Å²) < 4.78 is 0. The zero-order chi connectivity index (χ0) is 12.4. The van der Waals surface area contributed by atoms with E-state index in [1.54, 1.807) is 0 Å². The van der Waals surface area contributed by atoms with Crippen LogP contribution in [0, 0.1) is 6.92 Å². The third kappa shape index (κ3) is 3.31. The maximum atomic E-state index is 4.60. The molecule has 0 radical (unpaired) electrons. The van der Waals surface area contributed by atoms with Gasteiger partial charge in [0, 0.05) is 29.7 Å². The monoisotopic (exact) mass is 265 g/mol. The third-order valence-electron chi connectivity index (χ3n) is 3.97. The quantitative estimate of drug-likeness (QED) is 0.887. The second kappa shape index (κ2) is 5.68. The van der Waals surface area contributed by atoms with Crippen LogP contribution in [0.25, 0.3) is 0 Å². The minimum atomic E-state index is 0.726. The van der Waals surface area contributed by atoms with Gasteiger partial charge in [-0.1, -0.05) is 6.42 Å². The molecule has 1 N–H and O–H groups in total. The Hall–Kier alpha value is -0.450. The summed E-state index contributed by atoms with van der Waals surface area (Å²) in [6.07, 6.45) is 6.87. The molecule has 1 aromatic heterocycles. The van der Waals surface area contributed by atoms with Crippen molar-refractivity contribution in [2.75, 3.05) is 13.1 Å². The summed E-state index contributed by atoms with van der Waals surface area (Å²) in [6, 6.07) is 1.56. The van der Waals surface area contributed by atoms with Gasteiger partial charge in [-0.2, -0.15) is 0 Å². The second-order valence-electron chi connectivity index (χ2n) is 5.69. The summed E-state index contributed by atoms with van der Waals surface area (Å²) in [5, 5.41) is 7.14. The number of hydrogen-bond acceptors (Lipinski definition) is 4. The molecule has 100 valence electrons. The number of nitrogens with zero attached hydrogens (tertiary/aromatic N) is 2. The molecule has 1 atom stereocenters. The number of nitrogens with one attached hydrogen (secondary N) is 1. The molecule has 2 aliphatic rings. The highest BCUT2D eigenvalue weighted by Crippen LogP contribution is 2.23. The van der Waals surface area contributed by atoms with Crippen molar-refractivity contribution in [3.05, 3.63) is 16.1 Å². The summed E-state index contributed by atoms with van der Waals surface area (Å²) in [5.74, 6) is 0. The van der Waals surface area contributed by atoms with Gasteiger partial charge in [-0.3, -0.25) is 4.90 Å². The Morgan fingerprint density at radius 3 is 3.00 bits per heavy atom.